The first-order valence-electron chi connectivity index (χ1n) is 13.0. The molecule has 0 saturated carbocycles. The van der Waals surface area contributed by atoms with Gasteiger partial charge in [-0.1, -0.05) is 26.8 Å². The van der Waals surface area contributed by atoms with Gasteiger partial charge in [-0.3, -0.25) is 4.79 Å². The topological polar surface area (TPSA) is 140 Å². The van der Waals surface area contributed by atoms with E-state index in [0.29, 0.717) is 42.4 Å². The smallest absolute Gasteiger partial charge is 0.281 e. The number of nitrogens with one attached hydrogen (secondary N) is 1. The van der Waals surface area contributed by atoms with E-state index >= 15 is 0 Å². The maximum absolute atomic E-state index is 13.4. The molecule has 1 amide bonds. The Hall–Kier alpha value is -3.73. The van der Waals surface area contributed by atoms with Gasteiger partial charge in [0.05, 0.1) is 17.9 Å². The average Bonchev–Trinajstić information content (AvgIpc) is 3.13. The third-order valence-electron chi connectivity index (χ3n) is 7.10. The van der Waals surface area contributed by atoms with E-state index in [2.05, 4.69) is 54.2 Å². The number of ether oxygens (including phenoxy) is 1. The van der Waals surface area contributed by atoms with E-state index in [1.807, 2.05) is 19.1 Å². The van der Waals surface area contributed by atoms with Crippen molar-refractivity contribution in [1.82, 2.24) is 19.7 Å². The molecular formula is C28H36N6O4S. The number of hydrogen-bond acceptors (Lipinski definition) is 9. The van der Waals surface area contributed by atoms with Gasteiger partial charge in [0.1, 0.15) is 11.6 Å². The van der Waals surface area contributed by atoms with Gasteiger partial charge in [-0.15, -0.1) is 0 Å². The Labute approximate surface area is 230 Å². The molecule has 3 N–H and O–H groups in total. The van der Waals surface area contributed by atoms with Crippen LogP contribution in [0, 0.1) is 18.8 Å². The highest BCUT2D eigenvalue weighted by Crippen LogP contribution is 2.39. The van der Waals surface area contributed by atoms with Crippen LogP contribution in [-0.2, 0) is 10.0 Å². The second kappa shape index (κ2) is 10.8. The van der Waals surface area contributed by atoms with Gasteiger partial charge >= 0.3 is 0 Å². The Morgan fingerprint density at radius 2 is 1.92 bits per heavy atom. The lowest BCUT2D eigenvalue weighted by Gasteiger charge is -2.36. The molecule has 0 aromatic carbocycles. The molecule has 1 aliphatic rings. The molecule has 3 aromatic rings. The Bertz CT molecular complexity index is 1490. The van der Waals surface area contributed by atoms with Crippen molar-refractivity contribution in [2.24, 2.45) is 11.8 Å². The fourth-order valence-corrected chi connectivity index (χ4v) is 5.46. The molecule has 1 unspecified atom stereocenters. The zero-order valence-corrected chi connectivity index (χ0v) is 24.0. The summed E-state index contributed by atoms with van der Waals surface area (Å²) in [6, 6.07) is 11.3. The maximum Gasteiger partial charge on any atom is 0.281 e. The highest BCUT2D eigenvalue weighted by atomic mass is 32.2. The summed E-state index contributed by atoms with van der Waals surface area (Å²) in [4.78, 5) is 28.8. The Balaban J connectivity index is 1.77. The molecule has 1 fully saturated rings. The molecule has 1 atom stereocenters. The highest BCUT2D eigenvalue weighted by Gasteiger charge is 2.41. The summed E-state index contributed by atoms with van der Waals surface area (Å²) in [5.41, 5.74) is 7.67. The first kappa shape index (κ1) is 28.3. The SMILES string of the molecule is Cc1cc(-c2ccc(C(=O)NS(=O)(=O)c3cccc(N)n3)c(N3CCC(C)C3(C)C)n2)cc(OCC(C)C)n1. The molecule has 208 valence electrons. The number of amides is 1. The number of aryl methyl sites for hydroxylation is 1. The van der Waals surface area contributed by atoms with Crippen LogP contribution in [0.2, 0.25) is 0 Å². The van der Waals surface area contributed by atoms with E-state index in [-0.39, 0.29) is 21.9 Å². The molecule has 0 aliphatic carbocycles. The van der Waals surface area contributed by atoms with E-state index in [0.717, 1.165) is 17.7 Å². The number of sulfonamides is 1. The van der Waals surface area contributed by atoms with Gasteiger partial charge in [0.2, 0.25) is 5.88 Å². The summed E-state index contributed by atoms with van der Waals surface area (Å²) in [5.74, 6) is 0.827. The predicted molar refractivity (Wildman–Crippen MR) is 151 cm³/mol. The average molecular weight is 553 g/mol. The molecule has 1 aliphatic heterocycles. The molecule has 10 nitrogen and oxygen atoms in total. The zero-order valence-electron chi connectivity index (χ0n) is 23.2. The lowest BCUT2D eigenvalue weighted by Crippen LogP contribution is -2.43. The van der Waals surface area contributed by atoms with E-state index in [1.54, 1.807) is 12.1 Å². The van der Waals surface area contributed by atoms with Crippen molar-refractivity contribution in [3.05, 3.63) is 53.7 Å². The second-order valence-electron chi connectivity index (χ2n) is 10.9. The largest absolute Gasteiger partial charge is 0.477 e. The fourth-order valence-electron chi connectivity index (χ4n) is 4.52. The number of nitrogen functional groups attached to an aromatic ring is 1. The number of pyridine rings is 3. The normalized spacial score (nSPS) is 16.9. The van der Waals surface area contributed by atoms with E-state index < -0.39 is 15.9 Å². The number of hydrogen-bond donors (Lipinski definition) is 2. The number of aromatic nitrogens is 3. The lowest BCUT2D eigenvalue weighted by atomic mass is 9.90. The quantitative estimate of drug-likeness (QED) is 0.420. The Morgan fingerprint density at radius 1 is 1.18 bits per heavy atom. The molecule has 11 heteroatoms. The van der Waals surface area contributed by atoms with Gasteiger partial charge in [-0.25, -0.2) is 19.7 Å². The molecule has 0 radical (unpaired) electrons. The van der Waals surface area contributed by atoms with Gasteiger partial charge in [0.15, 0.2) is 5.03 Å². The van der Waals surface area contributed by atoms with Crippen molar-refractivity contribution in [1.29, 1.82) is 0 Å². The lowest BCUT2D eigenvalue weighted by molar-refractivity contribution is 0.0981. The van der Waals surface area contributed by atoms with Crippen LogP contribution < -0.4 is 20.1 Å². The molecular weight excluding hydrogens is 516 g/mol. The molecule has 4 rings (SSSR count). The van der Waals surface area contributed by atoms with Crippen molar-refractivity contribution in [2.75, 3.05) is 23.8 Å². The van der Waals surface area contributed by atoms with Crippen molar-refractivity contribution >= 4 is 27.6 Å². The van der Waals surface area contributed by atoms with Gasteiger partial charge in [0.25, 0.3) is 15.9 Å². The van der Waals surface area contributed by atoms with Gasteiger partial charge in [0, 0.05) is 29.4 Å². The van der Waals surface area contributed by atoms with Crippen LogP contribution in [-0.4, -0.2) is 48.0 Å². The van der Waals surface area contributed by atoms with Gasteiger partial charge < -0.3 is 15.4 Å². The maximum atomic E-state index is 13.4. The number of carbonyl (C=O) groups excluding carboxylic acids is 1. The third kappa shape index (κ3) is 6.13. The summed E-state index contributed by atoms with van der Waals surface area (Å²) in [6.07, 6.45) is 0.910. The van der Waals surface area contributed by atoms with Crippen LogP contribution in [0.5, 0.6) is 5.88 Å². The van der Waals surface area contributed by atoms with Crippen molar-refractivity contribution < 1.29 is 17.9 Å². The van der Waals surface area contributed by atoms with E-state index in [1.165, 1.54) is 18.2 Å². The standard InChI is InChI=1S/C28H36N6O4S/c1-17(2)16-38-24-15-20(14-19(4)30-24)22-11-10-21(26(31-22)34-13-12-18(3)28(34,5)6)27(35)33-39(36,37)25-9-7-8-23(29)32-25/h7-11,14-15,17-18H,12-13,16H2,1-6H3,(H2,29,32)(H,33,35). The number of nitrogens with two attached hydrogens (primary N) is 1. The summed E-state index contributed by atoms with van der Waals surface area (Å²) < 4.78 is 33.9. The molecule has 4 heterocycles. The minimum Gasteiger partial charge on any atom is -0.477 e. The van der Waals surface area contributed by atoms with Gasteiger partial charge in [-0.2, -0.15) is 8.42 Å². The molecule has 39 heavy (non-hydrogen) atoms. The fraction of sp³-hybridized carbons (Fsp3) is 0.429. The predicted octanol–water partition coefficient (Wildman–Crippen LogP) is 4.21. The van der Waals surface area contributed by atoms with Crippen LogP contribution in [0.3, 0.4) is 0 Å². The molecule has 0 spiro atoms. The first-order valence-corrected chi connectivity index (χ1v) is 14.5. The van der Waals surface area contributed by atoms with E-state index in [9.17, 15) is 13.2 Å². The summed E-state index contributed by atoms with van der Waals surface area (Å²) >= 11 is 0. The van der Waals surface area contributed by atoms with E-state index in [4.69, 9.17) is 15.5 Å². The van der Waals surface area contributed by atoms with Crippen LogP contribution in [0.15, 0.2) is 47.5 Å². The summed E-state index contributed by atoms with van der Waals surface area (Å²) in [7, 11) is -4.26. The van der Waals surface area contributed by atoms with Crippen LogP contribution >= 0.6 is 0 Å². The minimum absolute atomic E-state index is 0.0363. The van der Waals surface area contributed by atoms with Crippen molar-refractivity contribution in [3.8, 4) is 17.1 Å². The highest BCUT2D eigenvalue weighted by molar-refractivity contribution is 7.90. The Morgan fingerprint density at radius 3 is 2.56 bits per heavy atom. The summed E-state index contributed by atoms with van der Waals surface area (Å²) in [6.45, 7) is 13.6. The van der Waals surface area contributed by atoms with Crippen molar-refractivity contribution in [3.63, 3.8) is 0 Å². The summed E-state index contributed by atoms with van der Waals surface area (Å²) in [5, 5.41) is -0.335. The first-order chi connectivity index (χ1) is 18.3. The van der Waals surface area contributed by atoms with Crippen LogP contribution in [0.4, 0.5) is 11.6 Å². The number of nitrogens with zero attached hydrogens (tertiary/aromatic N) is 4. The number of carbonyl (C=O) groups is 1. The third-order valence-corrected chi connectivity index (χ3v) is 8.33. The molecule has 3 aromatic heterocycles. The minimum atomic E-state index is -4.26. The monoisotopic (exact) mass is 552 g/mol. The number of rotatable bonds is 8. The number of anilines is 2. The van der Waals surface area contributed by atoms with Gasteiger partial charge in [-0.05, 0) is 69.4 Å². The second-order valence-corrected chi connectivity index (χ2v) is 12.6. The Kier molecular flexibility index (Phi) is 7.83. The zero-order chi connectivity index (χ0) is 28.5. The van der Waals surface area contributed by atoms with Crippen LogP contribution in [0.1, 0.15) is 57.1 Å². The molecule has 0 bridgehead atoms. The van der Waals surface area contributed by atoms with Crippen molar-refractivity contribution in [2.45, 2.75) is 58.5 Å². The molecule has 1 saturated heterocycles. The van der Waals surface area contributed by atoms with Crippen LogP contribution in [0.25, 0.3) is 11.3 Å².